The fourth-order valence-electron chi connectivity index (χ4n) is 2.37. The third-order valence-corrected chi connectivity index (χ3v) is 3.05. The van der Waals surface area contributed by atoms with Crippen LogP contribution < -0.4 is 0 Å². The SMILES string of the molecule is CCC[C@H](C)CCC[C@H](C)CC(C)C. The van der Waals surface area contributed by atoms with E-state index in [1.165, 1.54) is 38.5 Å². The predicted octanol–water partition coefficient (Wildman–Crippen LogP) is 5.28. The molecule has 0 aromatic heterocycles. The molecule has 0 rings (SSSR count). The van der Waals surface area contributed by atoms with E-state index in [0.29, 0.717) is 0 Å². The van der Waals surface area contributed by atoms with Crippen LogP contribution >= 0.6 is 0 Å². The van der Waals surface area contributed by atoms with Gasteiger partial charge in [0.15, 0.2) is 0 Å². The summed E-state index contributed by atoms with van der Waals surface area (Å²) in [6.45, 7) is 11.8. The van der Waals surface area contributed by atoms with Gasteiger partial charge in [-0.15, -0.1) is 0 Å². The van der Waals surface area contributed by atoms with E-state index in [1.807, 2.05) is 0 Å². The molecule has 2 atom stereocenters. The Bertz CT molecular complexity index is 115. The second-order valence-electron chi connectivity index (χ2n) is 5.56. The van der Waals surface area contributed by atoms with E-state index < -0.39 is 0 Å². The van der Waals surface area contributed by atoms with Crippen LogP contribution in [-0.4, -0.2) is 0 Å². The molecule has 0 saturated heterocycles. The topological polar surface area (TPSA) is 0 Å². The molecule has 0 fully saturated rings. The summed E-state index contributed by atoms with van der Waals surface area (Å²) in [7, 11) is 0. The molecule has 0 aliphatic heterocycles. The van der Waals surface area contributed by atoms with Crippen molar-refractivity contribution in [2.75, 3.05) is 0 Å². The lowest BCUT2D eigenvalue weighted by Gasteiger charge is -2.15. The van der Waals surface area contributed by atoms with E-state index in [1.54, 1.807) is 0 Å². The fourth-order valence-corrected chi connectivity index (χ4v) is 2.37. The fraction of sp³-hybridized carbons (Fsp3) is 1.00. The van der Waals surface area contributed by atoms with Crippen LogP contribution in [-0.2, 0) is 0 Å². The van der Waals surface area contributed by atoms with Gasteiger partial charge in [-0.2, -0.15) is 0 Å². The van der Waals surface area contributed by atoms with Gasteiger partial charge in [0, 0.05) is 0 Å². The van der Waals surface area contributed by atoms with E-state index in [4.69, 9.17) is 0 Å². The van der Waals surface area contributed by atoms with E-state index in [2.05, 4.69) is 34.6 Å². The quantitative estimate of drug-likeness (QED) is 0.498. The van der Waals surface area contributed by atoms with Crippen LogP contribution in [0.4, 0.5) is 0 Å². The summed E-state index contributed by atoms with van der Waals surface area (Å²) in [5.41, 5.74) is 0. The molecule has 0 aromatic rings. The zero-order valence-corrected chi connectivity index (χ0v) is 11.0. The largest absolute Gasteiger partial charge is 0.0654 e. The van der Waals surface area contributed by atoms with Gasteiger partial charge in [0.1, 0.15) is 0 Å². The van der Waals surface area contributed by atoms with Gasteiger partial charge in [-0.3, -0.25) is 0 Å². The minimum Gasteiger partial charge on any atom is -0.0654 e. The summed E-state index contributed by atoms with van der Waals surface area (Å²) < 4.78 is 0. The summed E-state index contributed by atoms with van der Waals surface area (Å²) in [6, 6.07) is 0. The lowest BCUT2D eigenvalue weighted by molar-refractivity contribution is 0.376. The molecule has 0 bridgehead atoms. The Labute approximate surface area is 91.5 Å². The number of rotatable bonds is 8. The molecular formula is C14H30. The van der Waals surface area contributed by atoms with Gasteiger partial charge in [0.25, 0.3) is 0 Å². The highest BCUT2D eigenvalue weighted by Crippen LogP contribution is 2.20. The van der Waals surface area contributed by atoms with Gasteiger partial charge in [-0.1, -0.05) is 66.7 Å². The van der Waals surface area contributed by atoms with Crippen molar-refractivity contribution in [1.82, 2.24) is 0 Å². The Kier molecular flexibility index (Phi) is 8.32. The summed E-state index contributed by atoms with van der Waals surface area (Å²) in [6.07, 6.45) is 8.49. The normalized spacial score (nSPS) is 15.9. The van der Waals surface area contributed by atoms with Gasteiger partial charge in [-0.25, -0.2) is 0 Å². The maximum absolute atomic E-state index is 2.41. The lowest BCUT2D eigenvalue weighted by Crippen LogP contribution is -2.01. The van der Waals surface area contributed by atoms with Crippen molar-refractivity contribution < 1.29 is 0 Å². The molecule has 0 saturated carbocycles. The molecular weight excluding hydrogens is 168 g/mol. The van der Waals surface area contributed by atoms with Crippen molar-refractivity contribution in [3.05, 3.63) is 0 Å². The van der Waals surface area contributed by atoms with E-state index in [9.17, 15) is 0 Å². The van der Waals surface area contributed by atoms with Crippen LogP contribution in [0.2, 0.25) is 0 Å². The van der Waals surface area contributed by atoms with Crippen LogP contribution in [0.25, 0.3) is 0 Å². The van der Waals surface area contributed by atoms with Gasteiger partial charge in [0.2, 0.25) is 0 Å². The third kappa shape index (κ3) is 8.59. The maximum atomic E-state index is 2.41. The molecule has 0 nitrogen and oxygen atoms in total. The lowest BCUT2D eigenvalue weighted by atomic mass is 9.91. The van der Waals surface area contributed by atoms with Crippen molar-refractivity contribution in [3.8, 4) is 0 Å². The van der Waals surface area contributed by atoms with Crippen LogP contribution in [0, 0.1) is 17.8 Å². The van der Waals surface area contributed by atoms with Gasteiger partial charge in [0.05, 0.1) is 0 Å². The predicted molar refractivity (Wildman–Crippen MR) is 66.5 cm³/mol. The minimum absolute atomic E-state index is 0.873. The van der Waals surface area contributed by atoms with Crippen LogP contribution in [0.3, 0.4) is 0 Å². The van der Waals surface area contributed by atoms with E-state index >= 15 is 0 Å². The highest BCUT2D eigenvalue weighted by Gasteiger charge is 2.06. The first-order valence-corrected chi connectivity index (χ1v) is 6.56. The average molecular weight is 198 g/mol. The standard InChI is InChI=1S/C14H30/c1-6-8-13(4)9-7-10-14(5)11-12(2)3/h12-14H,6-11H2,1-5H3/t13-,14-/m0/s1. The molecule has 0 heterocycles. The first kappa shape index (κ1) is 14.0. The Morgan fingerprint density at radius 3 is 1.86 bits per heavy atom. The molecule has 0 unspecified atom stereocenters. The smallest absolute Gasteiger partial charge is 0.0440 e. The van der Waals surface area contributed by atoms with Crippen molar-refractivity contribution in [1.29, 1.82) is 0 Å². The Hall–Kier alpha value is 0. The molecule has 0 radical (unpaired) electrons. The molecule has 0 aliphatic rings. The molecule has 14 heavy (non-hydrogen) atoms. The molecule has 0 aromatic carbocycles. The zero-order valence-electron chi connectivity index (χ0n) is 11.0. The van der Waals surface area contributed by atoms with Crippen LogP contribution in [0.15, 0.2) is 0 Å². The molecule has 0 N–H and O–H groups in total. The van der Waals surface area contributed by atoms with E-state index in [0.717, 1.165) is 17.8 Å². The first-order chi connectivity index (χ1) is 6.56. The van der Waals surface area contributed by atoms with Crippen molar-refractivity contribution in [2.24, 2.45) is 17.8 Å². The maximum Gasteiger partial charge on any atom is -0.0440 e. The molecule has 0 amide bonds. The van der Waals surface area contributed by atoms with Gasteiger partial charge >= 0.3 is 0 Å². The highest BCUT2D eigenvalue weighted by atomic mass is 14.1. The van der Waals surface area contributed by atoms with Gasteiger partial charge in [-0.05, 0) is 24.2 Å². The average Bonchev–Trinajstić information content (AvgIpc) is 2.02. The molecule has 0 heteroatoms. The van der Waals surface area contributed by atoms with E-state index in [-0.39, 0.29) is 0 Å². The Balaban J connectivity index is 3.34. The number of hydrogen-bond donors (Lipinski definition) is 0. The van der Waals surface area contributed by atoms with Crippen molar-refractivity contribution >= 4 is 0 Å². The Morgan fingerprint density at radius 2 is 1.36 bits per heavy atom. The third-order valence-electron chi connectivity index (χ3n) is 3.05. The van der Waals surface area contributed by atoms with Crippen molar-refractivity contribution in [3.63, 3.8) is 0 Å². The minimum atomic E-state index is 0.873. The second-order valence-corrected chi connectivity index (χ2v) is 5.56. The number of hydrogen-bond acceptors (Lipinski definition) is 0. The van der Waals surface area contributed by atoms with Crippen LogP contribution in [0.1, 0.15) is 73.1 Å². The Morgan fingerprint density at radius 1 is 0.786 bits per heavy atom. The molecule has 0 spiro atoms. The summed E-state index contributed by atoms with van der Waals surface area (Å²) >= 11 is 0. The first-order valence-electron chi connectivity index (χ1n) is 6.56. The van der Waals surface area contributed by atoms with Crippen LogP contribution in [0.5, 0.6) is 0 Å². The molecule has 0 aliphatic carbocycles. The zero-order chi connectivity index (χ0) is 11.0. The second kappa shape index (κ2) is 8.32. The summed E-state index contributed by atoms with van der Waals surface area (Å²) in [4.78, 5) is 0. The highest BCUT2D eigenvalue weighted by molar-refractivity contribution is 4.59. The summed E-state index contributed by atoms with van der Waals surface area (Å²) in [5.74, 6) is 2.76. The van der Waals surface area contributed by atoms with Crippen molar-refractivity contribution in [2.45, 2.75) is 73.1 Å². The monoisotopic (exact) mass is 198 g/mol. The molecule has 86 valence electrons. The van der Waals surface area contributed by atoms with Gasteiger partial charge < -0.3 is 0 Å². The summed E-state index contributed by atoms with van der Waals surface area (Å²) in [5, 5.41) is 0.